The van der Waals surface area contributed by atoms with Gasteiger partial charge in [0.15, 0.2) is 0 Å². The second-order valence-electron chi connectivity index (χ2n) is 7.82. The smallest absolute Gasteiger partial charge is 0.0338 e. The third kappa shape index (κ3) is 2.69. The Morgan fingerprint density at radius 1 is 1.29 bits per heavy atom. The average molecular weight is 305 g/mol. The lowest BCUT2D eigenvalue weighted by Crippen LogP contribution is -2.70. The summed E-state index contributed by atoms with van der Waals surface area (Å²) in [7, 11) is 0. The van der Waals surface area contributed by atoms with E-state index in [1.165, 1.54) is 63.6 Å². The van der Waals surface area contributed by atoms with E-state index < -0.39 is 0 Å². The Labute approximate surface area is 132 Å². The lowest BCUT2D eigenvalue weighted by molar-refractivity contribution is -0.0264. The van der Waals surface area contributed by atoms with Crippen molar-refractivity contribution in [1.29, 1.82) is 0 Å². The summed E-state index contributed by atoms with van der Waals surface area (Å²) in [5.74, 6) is 0.920. The molecule has 3 aliphatic rings. The SMILES string of the molecule is CC1(C2CC2)CN(Cc2ccsc2)C2(CCCCC2)CN1. The van der Waals surface area contributed by atoms with Gasteiger partial charge in [0.25, 0.3) is 0 Å². The summed E-state index contributed by atoms with van der Waals surface area (Å²) in [6, 6.07) is 2.32. The van der Waals surface area contributed by atoms with Crippen LogP contribution in [0.25, 0.3) is 0 Å². The summed E-state index contributed by atoms with van der Waals surface area (Å²) in [6.07, 6.45) is 9.93. The van der Waals surface area contributed by atoms with Gasteiger partial charge in [-0.3, -0.25) is 4.90 Å². The molecule has 1 aromatic heterocycles. The molecule has 2 aliphatic carbocycles. The topological polar surface area (TPSA) is 15.3 Å². The van der Waals surface area contributed by atoms with Gasteiger partial charge in [-0.2, -0.15) is 11.3 Å². The predicted octanol–water partition coefficient (Wildman–Crippen LogP) is 4.02. The molecule has 4 rings (SSSR count). The maximum Gasteiger partial charge on any atom is 0.0338 e. The van der Waals surface area contributed by atoms with Gasteiger partial charge < -0.3 is 5.32 Å². The van der Waals surface area contributed by atoms with Gasteiger partial charge in [-0.25, -0.2) is 0 Å². The summed E-state index contributed by atoms with van der Waals surface area (Å²) >= 11 is 1.84. The van der Waals surface area contributed by atoms with E-state index in [2.05, 4.69) is 34.0 Å². The molecule has 2 heterocycles. The van der Waals surface area contributed by atoms with Crippen LogP contribution in [0.3, 0.4) is 0 Å². The van der Waals surface area contributed by atoms with Crippen molar-refractivity contribution in [2.45, 2.75) is 69.5 Å². The second kappa shape index (κ2) is 5.36. The Kier molecular flexibility index (Phi) is 3.63. The number of rotatable bonds is 3. The zero-order chi connectivity index (χ0) is 14.3. The first-order valence-corrected chi connectivity index (χ1v) is 9.66. The van der Waals surface area contributed by atoms with E-state index in [9.17, 15) is 0 Å². The van der Waals surface area contributed by atoms with Crippen LogP contribution in [0.1, 0.15) is 57.4 Å². The van der Waals surface area contributed by atoms with E-state index >= 15 is 0 Å². The summed E-state index contributed by atoms with van der Waals surface area (Å²) in [5, 5.41) is 8.56. The first kappa shape index (κ1) is 14.2. The van der Waals surface area contributed by atoms with E-state index in [0.717, 1.165) is 12.5 Å². The van der Waals surface area contributed by atoms with Gasteiger partial charge in [0.05, 0.1) is 0 Å². The molecule has 1 atom stereocenters. The molecule has 1 unspecified atom stereocenters. The highest BCUT2D eigenvalue weighted by Gasteiger charge is 2.51. The largest absolute Gasteiger partial charge is 0.308 e. The first-order chi connectivity index (χ1) is 10.2. The quantitative estimate of drug-likeness (QED) is 0.907. The van der Waals surface area contributed by atoms with Crippen LogP contribution >= 0.6 is 11.3 Å². The standard InChI is InChI=1S/C18H28N2S/c1-17(16-5-6-16)14-20(11-15-7-10-21-12-15)18(13-19-17)8-3-2-4-9-18/h7,10,12,16,19H,2-6,8-9,11,13-14H2,1H3. The Bertz CT molecular complexity index is 473. The van der Waals surface area contributed by atoms with E-state index in [1.54, 1.807) is 0 Å². The maximum absolute atomic E-state index is 3.99. The van der Waals surface area contributed by atoms with Crippen molar-refractivity contribution in [1.82, 2.24) is 10.2 Å². The van der Waals surface area contributed by atoms with Crippen molar-refractivity contribution in [2.24, 2.45) is 5.92 Å². The lowest BCUT2D eigenvalue weighted by atomic mass is 9.75. The van der Waals surface area contributed by atoms with Gasteiger partial charge >= 0.3 is 0 Å². The maximum atomic E-state index is 3.99. The van der Waals surface area contributed by atoms with Crippen molar-refractivity contribution >= 4 is 11.3 Å². The van der Waals surface area contributed by atoms with Gasteiger partial charge in [0.2, 0.25) is 0 Å². The average Bonchev–Trinajstić information content (AvgIpc) is 3.25. The van der Waals surface area contributed by atoms with Gasteiger partial charge in [-0.15, -0.1) is 0 Å². The van der Waals surface area contributed by atoms with E-state index in [1.807, 2.05) is 11.3 Å². The third-order valence-electron chi connectivity index (χ3n) is 6.23. The molecule has 0 amide bonds. The predicted molar refractivity (Wildman–Crippen MR) is 89.7 cm³/mol. The van der Waals surface area contributed by atoms with Crippen molar-refractivity contribution in [3.05, 3.63) is 22.4 Å². The molecule has 1 saturated heterocycles. The minimum absolute atomic E-state index is 0.360. The Balaban J connectivity index is 1.57. The molecule has 0 radical (unpaired) electrons. The molecule has 2 nitrogen and oxygen atoms in total. The van der Waals surface area contributed by atoms with Crippen LogP contribution in [0.15, 0.2) is 16.8 Å². The Hall–Kier alpha value is -0.380. The number of thiophene rings is 1. The summed E-state index contributed by atoms with van der Waals surface area (Å²) in [5.41, 5.74) is 2.32. The fraction of sp³-hybridized carbons (Fsp3) is 0.778. The second-order valence-corrected chi connectivity index (χ2v) is 8.60. The van der Waals surface area contributed by atoms with E-state index in [-0.39, 0.29) is 0 Å². The van der Waals surface area contributed by atoms with E-state index in [0.29, 0.717) is 11.1 Å². The number of hydrogen-bond acceptors (Lipinski definition) is 3. The number of nitrogens with zero attached hydrogens (tertiary/aromatic N) is 1. The molecule has 1 aromatic rings. The Morgan fingerprint density at radius 3 is 2.76 bits per heavy atom. The number of nitrogens with one attached hydrogen (secondary N) is 1. The van der Waals surface area contributed by atoms with Gasteiger partial charge in [-0.1, -0.05) is 19.3 Å². The minimum Gasteiger partial charge on any atom is -0.308 e. The molecule has 1 spiro atoms. The number of piperazine rings is 1. The lowest BCUT2D eigenvalue weighted by Gasteiger charge is -2.55. The van der Waals surface area contributed by atoms with Gasteiger partial charge in [0, 0.05) is 30.7 Å². The molecule has 21 heavy (non-hydrogen) atoms. The van der Waals surface area contributed by atoms with Crippen LogP contribution in [0.2, 0.25) is 0 Å². The zero-order valence-corrected chi connectivity index (χ0v) is 14.1. The molecule has 0 bridgehead atoms. The fourth-order valence-corrected chi connectivity index (χ4v) is 5.28. The highest BCUT2D eigenvalue weighted by Crippen LogP contribution is 2.45. The molecule has 1 N–H and O–H groups in total. The molecule has 1 aliphatic heterocycles. The molecular weight excluding hydrogens is 276 g/mol. The Morgan fingerprint density at radius 2 is 2.10 bits per heavy atom. The minimum atomic E-state index is 0.360. The summed E-state index contributed by atoms with van der Waals surface area (Å²) in [6.45, 7) is 6.09. The van der Waals surface area contributed by atoms with E-state index in [4.69, 9.17) is 0 Å². The summed E-state index contributed by atoms with van der Waals surface area (Å²) in [4.78, 5) is 2.86. The van der Waals surface area contributed by atoms with Crippen LogP contribution in [0, 0.1) is 5.92 Å². The molecular formula is C18H28N2S. The molecule has 116 valence electrons. The van der Waals surface area contributed by atoms with Crippen molar-refractivity contribution < 1.29 is 0 Å². The van der Waals surface area contributed by atoms with Crippen molar-refractivity contribution in [2.75, 3.05) is 13.1 Å². The molecule has 0 aromatic carbocycles. The van der Waals surface area contributed by atoms with Crippen molar-refractivity contribution in [3.8, 4) is 0 Å². The zero-order valence-electron chi connectivity index (χ0n) is 13.2. The van der Waals surface area contributed by atoms with Gasteiger partial charge in [0.1, 0.15) is 0 Å². The van der Waals surface area contributed by atoms with Gasteiger partial charge in [-0.05, 0) is 60.9 Å². The highest BCUT2D eigenvalue weighted by atomic mass is 32.1. The fourth-order valence-electron chi connectivity index (χ4n) is 4.62. The monoisotopic (exact) mass is 304 g/mol. The van der Waals surface area contributed by atoms with Crippen LogP contribution < -0.4 is 5.32 Å². The van der Waals surface area contributed by atoms with Crippen LogP contribution in [-0.2, 0) is 6.54 Å². The first-order valence-electron chi connectivity index (χ1n) is 8.71. The van der Waals surface area contributed by atoms with Crippen LogP contribution in [0.5, 0.6) is 0 Å². The van der Waals surface area contributed by atoms with Crippen LogP contribution in [0.4, 0.5) is 0 Å². The number of hydrogen-bond donors (Lipinski definition) is 1. The van der Waals surface area contributed by atoms with Crippen LogP contribution in [-0.4, -0.2) is 29.1 Å². The highest BCUT2D eigenvalue weighted by molar-refractivity contribution is 7.07. The van der Waals surface area contributed by atoms with Crippen molar-refractivity contribution in [3.63, 3.8) is 0 Å². The molecule has 3 fully saturated rings. The molecule has 3 heteroatoms. The molecule has 2 saturated carbocycles. The summed E-state index contributed by atoms with van der Waals surface area (Å²) < 4.78 is 0. The third-order valence-corrected chi connectivity index (χ3v) is 6.96. The normalized spacial score (nSPS) is 33.4.